The first-order chi connectivity index (χ1) is 20.3. The number of amides is 1. The summed E-state index contributed by atoms with van der Waals surface area (Å²) in [4.78, 5) is 12.5. The van der Waals surface area contributed by atoms with Gasteiger partial charge < -0.3 is 18.5 Å². The molecule has 0 bridgehead atoms. The Labute approximate surface area is 254 Å². The molecule has 0 saturated heterocycles. The molecule has 9 heteroatoms. The predicted octanol–water partition coefficient (Wildman–Crippen LogP) is 8.22. The van der Waals surface area contributed by atoms with E-state index in [1.807, 2.05) is 55.5 Å². The highest BCUT2D eigenvalue weighted by atomic mass is 35.5. The highest BCUT2D eigenvalue weighted by Crippen LogP contribution is 2.34. The molecule has 7 nitrogen and oxygen atoms in total. The van der Waals surface area contributed by atoms with Gasteiger partial charge in [-0.3, -0.25) is 4.79 Å². The first-order valence-corrected chi connectivity index (χ1v) is 14.0. The van der Waals surface area contributed by atoms with Crippen molar-refractivity contribution in [2.24, 2.45) is 5.10 Å². The van der Waals surface area contributed by atoms with Crippen LogP contribution in [-0.4, -0.2) is 16.7 Å². The summed E-state index contributed by atoms with van der Waals surface area (Å²) in [6.07, 6.45) is 1.44. The fraction of sp³-hybridized carbons (Fsp3) is 0.152. The van der Waals surface area contributed by atoms with Crippen molar-refractivity contribution in [1.82, 2.24) is 9.99 Å². The number of carbonyl (C=O) groups excluding carboxylic acids is 1. The fourth-order valence-electron chi connectivity index (χ4n) is 4.47. The van der Waals surface area contributed by atoms with Crippen LogP contribution in [-0.2, 0) is 13.2 Å². The highest BCUT2D eigenvalue weighted by molar-refractivity contribution is 6.37. The van der Waals surface area contributed by atoms with Gasteiger partial charge in [-0.2, -0.15) is 5.10 Å². The number of aryl methyl sites for hydroxylation is 3. The molecule has 0 fully saturated rings. The lowest BCUT2D eigenvalue weighted by Crippen LogP contribution is -2.16. The van der Waals surface area contributed by atoms with Gasteiger partial charge in [0.25, 0.3) is 0 Å². The molecule has 2 aromatic heterocycles. The maximum atomic E-state index is 12.5. The summed E-state index contributed by atoms with van der Waals surface area (Å²) in [7, 11) is 0. The van der Waals surface area contributed by atoms with E-state index in [0.717, 1.165) is 28.2 Å². The van der Waals surface area contributed by atoms with E-state index in [4.69, 9.17) is 37.1 Å². The zero-order valence-corrected chi connectivity index (χ0v) is 24.9. The number of hydrogen-bond acceptors (Lipinski definition) is 5. The fourth-order valence-corrected chi connectivity index (χ4v) is 5.08. The number of nitrogens with one attached hydrogen (secondary N) is 1. The third-order valence-electron chi connectivity index (χ3n) is 6.50. The number of rotatable bonds is 10. The number of aromatic nitrogens is 1. The Morgan fingerprint density at radius 1 is 0.881 bits per heavy atom. The van der Waals surface area contributed by atoms with Gasteiger partial charge in [0, 0.05) is 17.1 Å². The molecular weight excluding hydrogens is 573 g/mol. The Kier molecular flexibility index (Phi) is 9.00. The molecule has 0 aliphatic rings. The van der Waals surface area contributed by atoms with Gasteiger partial charge in [0.2, 0.25) is 0 Å². The SMILES string of the molecule is Cc1cccc(COc2c(Cl)cc(/C=N/NC(=O)c3ccc(COc4ccc(-n5c(C)ccc5C)cc4)o3)cc2Cl)c1. The summed E-state index contributed by atoms with van der Waals surface area (Å²) >= 11 is 12.8. The van der Waals surface area contributed by atoms with E-state index >= 15 is 0 Å². The molecule has 0 aliphatic heterocycles. The molecule has 5 rings (SSSR count). The largest absolute Gasteiger partial charge is 0.486 e. The van der Waals surface area contributed by atoms with Crippen molar-refractivity contribution in [2.75, 3.05) is 0 Å². The van der Waals surface area contributed by atoms with E-state index in [-0.39, 0.29) is 12.4 Å². The first-order valence-electron chi connectivity index (χ1n) is 13.2. The third-order valence-corrected chi connectivity index (χ3v) is 7.06. The van der Waals surface area contributed by atoms with E-state index in [1.165, 1.54) is 6.21 Å². The number of nitrogens with zero attached hydrogens (tertiary/aromatic N) is 2. The van der Waals surface area contributed by atoms with Crippen LogP contribution in [0.4, 0.5) is 0 Å². The lowest BCUT2D eigenvalue weighted by Gasteiger charge is -2.11. The molecule has 0 aliphatic carbocycles. The number of hydrogen-bond donors (Lipinski definition) is 1. The predicted molar refractivity (Wildman–Crippen MR) is 165 cm³/mol. The van der Waals surface area contributed by atoms with Gasteiger partial charge in [-0.15, -0.1) is 0 Å². The summed E-state index contributed by atoms with van der Waals surface area (Å²) in [5.74, 6) is 1.18. The van der Waals surface area contributed by atoms with Crippen LogP contribution in [0.2, 0.25) is 10.0 Å². The average Bonchev–Trinajstić information content (AvgIpc) is 3.58. The zero-order chi connectivity index (χ0) is 29.6. The maximum absolute atomic E-state index is 12.5. The Hall–Kier alpha value is -4.46. The van der Waals surface area contributed by atoms with Gasteiger partial charge >= 0.3 is 5.91 Å². The quantitative estimate of drug-likeness (QED) is 0.129. The van der Waals surface area contributed by atoms with Crippen LogP contribution in [0.3, 0.4) is 0 Å². The first kappa shape index (κ1) is 29.0. The Morgan fingerprint density at radius 3 is 2.29 bits per heavy atom. The molecule has 2 heterocycles. The van der Waals surface area contributed by atoms with Crippen molar-refractivity contribution < 1.29 is 18.7 Å². The molecule has 0 saturated carbocycles. The number of hydrazone groups is 1. The van der Waals surface area contributed by atoms with E-state index in [1.54, 1.807) is 24.3 Å². The number of ether oxygens (including phenoxy) is 2. The van der Waals surface area contributed by atoms with Crippen molar-refractivity contribution >= 4 is 35.3 Å². The highest BCUT2D eigenvalue weighted by Gasteiger charge is 2.13. The molecule has 214 valence electrons. The summed E-state index contributed by atoms with van der Waals surface area (Å²) in [6, 6.07) is 26.5. The number of halogens is 2. The lowest BCUT2D eigenvalue weighted by molar-refractivity contribution is 0.0923. The van der Waals surface area contributed by atoms with Crippen LogP contribution >= 0.6 is 23.2 Å². The summed E-state index contributed by atoms with van der Waals surface area (Å²) in [5.41, 5.74) is 8.58. The second-order valence-corrected chi connectivity index (χ2v) is 10.6. The maximum Gasteiger partial charge on any atom is 0.307 e. The standard InChI is InChI=1S/C33H29Cl2N3O4/c1-21-5-4-6-24(15-21)19-41-32-29(34)16-25(17-30(32)35)18-36-37-33(39)31-14-13-28(42-31)20-40-27-11-9-26(10-12-27)38-22(2)7-8-23(38)3/h4-18H,19-20H2,1-3H3,(H,37,39)/b36-18+. The van der Waals surface area contributed by atoms with Crippen molar-refractivity contribution in [3.63, 3.8) is 0 Å². The molecule has 0 unspecified atom stereocenters. The van der Waals surface area contributed by atoms with Gasteiger partial charge in [0.05, 0.1) is 16.3 Å². The number of carbonyl (C=O) groups is 1. The normalized spacial score (nSPS) is 11.2. The minimum absolute atomic E-state index is 0.107. The number of benzene rings is 3. The molecule has 0 radical (unpaired) electrons. The van der Waals surface area contributed by atoms with Gasteiger partial charge in [-0.1, -0.05) is 53.0 Å². The van der Waals surface area contributed by atoms with Crippen molar-refractivity contribution in [2.45, 2.75) is 34.0 Å². The molecule has 42 heavy (non-hydrogen) atoms. The van der Waals surface area contributed by atoms with Crippen LogP contribution in [0.15, 0.2) is 94.4 Å². The van der Waals surface area contributed by atoms with Crippen LogP contribution < -0.4 is 14.9 Å². The minimum atomic E-state index is -0.505. The zero-order valence-electron chi connectivity index (χ0n) is 23.4. The lowest BCUT2D eigenvalue weighted by atomic mass is 10.1. The molecular formula is C33H29Cl2N3O4. The van der Waals surface area contributed by atoms with E-state index in [0.29, 0.717) is 39.5 Å². The van der Waals surface area contributed by atoms with E-state index in [2.05, 4.69) is 41.1 Å². The van der Waals surface area contributed by atoms with Crippen molar-refractivity contribution in [3.05, 3.63) is 135 Å². The molecule has 0 spiro atoms. The Balaban J connectivity index is 1.13. The van der Waals surface area contributed by atoms with Gasteiger partial charge in [0.1, 0.15) is 24.7 Å². The molecule has 5 aromatic rings. The second kappa shape index (κ2) is 13.0. The Bertz CT molecular complexity index is 1700. The topological polar surface area (TPSA) is 78.0 Å². The smallest absolute Gasteiger partial charge is 0.307 e. The molecule has 1 N–H and O–H groups in total. The van der Waals surface area contributed by atoms with Crippen LogP contribution in [0, 0.1) is 20.8 Å². The monoisotopic (exact) mass is 601 g/mol. The summed E-state index contributed by atoms with van der Waals surface area (Å²) in [6.45, 7) is 6.66. The summed E-state index contributed by atoms with van der Waals surface area (Å²) < 4.78 is 19.5. The van der Waals surface area contributed by atoms with Crippen LogP contribution in [0.25, 0.3) is 5.69 Å². The third kappa shape index (κ3) is 7.05. The van der Waals surface area contributed by atoms with Crippen molar-refractivity contribution in [3.8, 4) is 17.2 Å². The molecule has 1 amide bonds. The molecule has 0 atom stereocenters. The molecule has 3 aromatic carbocycles. The van der Waals surface area contributed by atoms with Gasteiger partial charge in [0.15, 0.2) is 11.5 Å². The second-order valence-electron chi connectivity index (χ2n) is 9.79. The van der Waals surface area contributed by atoms with Gasteiger partial charge in [-0.25, -0.2) is 5.43 Å². The van der Waals surface area contributed by atoms with Crippen LogP contribution in [0.1, 0.15) is 44.4 Å². The minimum Gasteiger partial charge on any atom is -0.486 e. The Morgan fingerprint density at radius 2 is 1.60 bits per heavy atom. The average molecular weight is 603 g/mol. The number of furan rings is 1. The van der Waals surface area contributed by atoms with Crippen molar-refractivity contribution in [1.29, 1.82) is 0 Å². The van der Waals surface area contributed by atoms with Crippen LogP contribution in [0.5, 0.6) is 11.5 Å². The summed E-state index contributed by atoms with van der Waals surface area (Å²) in [5, 5.41) is 4.67. The van der Waals surface area contributed by atoms with E-state index < -0.39 is 5.91 Å². The van der Waals surface area contributed by atoms with E-state index in [9.17, 15) is 4.79 Å². The van der Waals surface area contributed by atoms with Gasteiger partial charge in [-0.05, 0) is 92.6 Å².